The number of benzene rings is 1. The van der Waals surface area contributed by atoms with E-state index in [1.54, 1.807) is 0 Å². The highest BCUT2D eigenvalue weighted by molar-refractivity contribution is 5.88. The van der Waals surface area contributed by atoms with E-state index in [0.29, 0.717) is 13.1 Å². The summed E-state index contributed by atoms with van der Waals surface area (Å²) in [6, 6.07) is 8.15. The zero-order valence-corrected chi connectivity index (χ0v) is 12.1. The summed E-state index contributed by atoms with van der Waals surface area (Å²) in [5, 5.41) is 1.18. The van der Waals surface area contributed by atoms with Gasteiger partial charge >= 0.3 is 5.97 Å². The number of esters is 1. The second kappa shape index (κ2) is 5.63. The molecule has 4 heteroatoms. The summed E-state index contributed by atoms with van der Waals surface area (Å²) >= 11 is 0. The largest absolute Gasteiger partial charge is 0.468 e. The van der Waals surface area contributed by atoms with Gasteiger partial charge in [-0.05, 0) is 18.1 Å². The van der Waals surface area contributed by atoms with Gasteiger partial charge in [0.1, 0.15) is 5.92 Å². The van der Waals surface area contributed by atoms with Crippen molar-refractivity contribution >= 4 is 16.9 Å². The number of para-hydroxylation sites is 1. The van der Waals surface area contributed by atoms with Gasteiger partial charge in [0, 0.05) is 29.7 Å². The molecule has 0 saturated carbocycles. The Bertz CT molecular complexity index is 711. The topological polar surface area (TPSA) is 45.3 Å². The van der Waals surface area contributed by atoms with Crippen LogP contribution in [0.4, 0.5) is 0 Å². The third-order valence-corrected chi connectivity index (χ3v) is 4.11. The lowest BCUT2D eigenvalue weighted by Crippen LogP contribution is -2.32. The van der Waals surface area contributed by atoms with Crippen LogP contribution in [-0.4, -0.2) is 42.6 Å². The fourth-order valence-corrected chi connectivity index (χ4v) is 3.11. The molecule has 2 aromatic rings. The van der Waals surface area contributed by atoms with Crippen LogP contribution >= 0.6 is 0 Å². The zero-order chi connectivity index (χ0) is 14.8. The zero-order valence-electron chi connectivity index (χ0n) is 12.1. The molecule has 4 nitrogen and oxygen atoms in total. The smallest absolute Gasteiger partial charge is 0.315 e. The van der Waals surface area contributed by atoms with Gasteiger partial charge in [-0.15, -0.1) is 6.42 Å². The lowest BCUT2D eigenvalue weighted by atomic mass is 10.00. The van der Waals surface area contributed by atoms with Gasteiger partial charge in [0.25, 0.3) is 0 Å². The standard InChI is InChI=1S/C17H18N2O2/c1-3-9-19-10-8-13-12-6-4-5-7-15(12)18-16(13)14(11-19)17(20)21-2/h1,4-7,14,18H,8-11H2,2H3/t14-/m0/s1. The number of aromatic amines is 1. The fraction of sp³-hybridized carbons (Fsp3) is 0.353. The van der Waals surface area contributed by atoms with Crippen molar-refractivity contribution < 1.29 is 9.53 Å². The molecule has 0 spiro atoms. The van der Waals surface area contributed by atoms with Crippen molar-refractivity contribution in [2.75, 3.05) is 26.7 Å². The highest BCUT2D eigenvalue weighted by Gasteiger charge is 2.31. The molecule has 0 bridgehead atoms. The van der Waals surface area contributed by atoms with E-state index >= 15 is 0 Å². The molecule has 0 saturated heterocycles. The minimum atomic E-state index is -0.312. The molecule has 2 heterocycles. The number of rotatable bonds is 2. The molecule has 1 aromatic heterocycles. The van der Waals surface area contributed by atoms with Crippen LogP contribution in [0.15, 0.2) is 24.3 Å². The molecule has 1 aliphatic heterocycles. The minimum Gasteiger partial charge on any atom is -0.468 e. The Balaban J connectivity index is 2.08. The number of fused-ring (bicyclic) bond motifs is 3. The molecule has 0 amide bonds. The van der Waals surface area contributed by atoms with Gasteiger partial charge in [0.05, 0.1) is 13.7 Å². The van der Waals surface area contributed by atoms with E-state index < -0.39 is 0 Å². The van der Waals surface area contributed by atoms with Gasteiger partial charge in [0.15, 0.2) is 0 Å². The third-order valence-electron chi connectivity index (χ3n) is 4.11. The van der Waals surface area contributed by atoms with Crippen LogP contribution in [0.5, 0.6) is 0 Å². The first kappa shape index (κ1) is 13.7. The van der Waals surface area contributed by atoms with E-state index in [0.717, 1.165) is 24.2 Å². The van der Waals surface area contributed by atoms with Crippen molar-refractivity contribution in [3.8, 4) is 12.3 Å². The first-order valence-corrected chi connectivity index (χ1v) is 7.07. The summed E-state index contributed by atoms with van der Waals surface area (Å²) in [6.45, 7) is 2.00. The van der Waals surface area contributed by atoms with Gasteiger partial charge < -0.3 is 9.72 Å². The number of ether oxygens (including phenoxy) is 1. The van der Waals surface area contributed by atoms with Crippen LogP contribution in [-0.2, 0) is 16.0 Å². The van der Waals surface area contributed by atoms with E-state index in [1.807, 2.05) is 18.2 Å². The van der Waals surface area contributed by atoms with Crippen LogP contribution in [0.1, 0.15) is 17.2 Å². The summed E-state index contributed by atoms with van der Waals surface area (Å²) in [5.41, 5.74) is 3.25. The maximum atomic E-state index is 12.2. The first-order valence-electron chi connectivity index (χ1n) is 7.07. The Labute approximate surface area is 124 Å². The number of terminal acetylenes is 1. The van der Waals surface area contributed by atoms with E-state index in [-0.39, 0.29) is 11.9 Å². The quantitative estimate of drug-likeness (QED) is 0.676. The number of hydrogen-bond donors (Lipinski definition) is 1. The number of H-pyrrole nitrogens is 1. The molecule has 1 atom stereocenters. The van der Waals surface area contributed by atoms with Crippen LogP contribution in [0.3, 0.4) is 0 Å². The summed E-state index contributed by atoms with van der Waals surface area (Å²) < 4.78 is 4.99. The van der Waals surface area contributed by atoms with Gasteiger partial charge in [-0.25, -0.2) is 0 Å². The summed E-state index contributed by atoms with van der Waals surface area (Å²) in [4.78, 5) is 17.7. The molecule has 1 aliphatic rings. The van der Waals surface area contributed by atoms with Crippen LogP contribution < -0.4 is 0 Å². The van der Waals surface area contributed by atoms with Crippen LogP contribution in [0.25, 0.3) is 10.9 Å². The van der Waals surface area contributed by atoms with Gasteiger partial charge in [0.2, 0.25) is 0 Å². The number of nitrogens with one attached hydrogen (secondary N) is 1. The van der Waals surface area contributed by atoms with Crippen molar-refractivity contribution in [3.63, 3.8) is 0 Å². The van der Waals surface area contributed by atoms with Gasteiger partial charge in [-0.1, -0.05) is 24.1 Å². The monoisotopic (exact) mass is 282 g/mol. The molecule has 3 rings (SSSR count). The Morgan fingerprint density at radius 1 is 1.52 bits per heavy atom. The Kier molecular flexibility index (Phi) is 3.68. The highest BCUT2D eigenvalue weighted by Crippen LogP contribution is 2.32. The number of carbonyl (C=O) groups excluding carboxylic acids is 1. The van der Waals surface area contributed by atoms with E-state index in [2.05, 4.69) is 21.9 Å². The second-order valence-corrected chi connectivity index (χ2v) is 5.33. The molecular formula is C17H18N2O2. The van der Waals surface area contributed by atoms with Crippen molar-refractivity contribution in [2.45, 2.75) is 12.3 Å². The predicted molar refractivity (Wildman–Crippen MR) is 82.0 cm³/mol. The van der Waals surface area contributed by atoms with Crippen LogP contribution in [0.2, 0.25) is 0 Å². The van der Waals surface area contributed by atoms with Crippen molar-refractivity contribution in [3.05, 3.63) is 35.5 Å². The number of carbonyl (C=O) groups is 1. The first-order chi connectivity index (χ1) is 10.2. The molecule has 1 aromatic carbocycles. The lowest BCUT2D eigenvalue weighted by Gasteiger charge is -2.20. The number of methoxy groups -OCH3 is 1. The normalized spacial score (nSPS) is 18.8. The van der Waals surface area contributed by atoms with E-state index in [1.165, 1.54) is 18.1 Å². The molecule has 1 N–H and O–H groups in total. The van der Waals surface area contributed by atoms with Crippen LogP contribution in [0, 0.1) is 12.3 Å². The minimum absolute atomic E-state index is 0.216. The summed E-state index contributed by atoms with van der Waals surface area (Å²) in [7, 11) is 1.43. The fourth-order valence-electron chi connectivity index (χ4n) is 3.11. The molecular weight excluding hydrogens is 264 g/mol. The molecule has 108 valence electrons. The molecule has 0 unspecified atom stereocenters. The van der Waals surface area contributed by atoms with E-state index in [4.69, 9.17) is 11.2 Å². The van der Waals surface area contributed by atoms with Crippen molar-refractivity contribution in [1.82, 2.24) is 9.88 Å². The van der Waals surface area contributed by atoms with Crippen molar-refractivity contribution in [2.24, 2.45) is 0 Å². The summed E-state index contributed by atoms with van der Waals surface area (Å²) in [6.07, 6.45) is 6.30. The molecule has 0 radical (unpaired) electrons. The number of aromatic nitrogens is 1. The van der Waals surface area contributed by atoms with E-state index in [9.17, 15) is 4.79 Å². The lowest BCUT2D eigenvalue weighted by molar-refractivity contribution is -0.142. The van der Waals surface area contributed by atoms with Crippen molar-refractivity contribution in [1.29, 1.82) is 0 Å². The average molecular weight is 282 g/mol. The van der Waals surface area contributed by atoms with Gasteiger partial charge in [-0.3, -0.25) is 9.69 Å². The van der Waals surface area contributed by atoms with Gasteiger partial charge in [-0.2, -0.15) is 0 Å². The second-order valence-electron chi connectivity index (χ2n) is 5.33. The predicted octanol–water partition coefficient (Wildman–Crippen LogP) is 1.92. The Hall–Kier alpha value is -2.25. The molecule has 21 heavy (non-hydrogen) atoms. The average Bonchev–Trinajstić information content (AvgIpc) is 2.78. The number of nitrogens with zero attached hydrogens (tertiary/aromatic N) is 1. The Morgan fingerprint density at radius 2 is 2.33 bits per heavy atom. The molecule has 0 fully saturated rings. The maximum absolute atomic E-state index is 12.2. The SMILES string of the molecule is C#CCN1CCc2c([nH]c3ccccc23)[C@@H](C(=O)OC)C1. The number of hydrogen-bond acceptors (Lipinski definition) is 3. The highest BCUT2D eigenvalue weighted by atomic mass is 16.5. The summed E-state index contributed by atoms with van der Waals surface area (Å²) in [5.74, 6) is 2.13. The third kappa shape index (κ3) is 2.41. The Morgan fingerprint density at radius 3 is 3.10 bits per heavy atom. The molecule has 0 aliphatic carbocycles. The maximum Gasteiger partial charge on any atom is 0.315 e.